The molecule has 6 aromatic carbocycles. The lowest BCUT2D eigenvalue weighted by Crippen LogP contribution is -2.23. The quantitative estimate of drug-likeness (QED) is 0.0652. The molecule has 2 N–H and O–H groups in total. The fourth-order valence-corrected chi connectivity index (χ4v) is 7.65. The first kappa shape index (κ1) is 40.2. The second kappa shape index (κ2) is 21.0. The Kier molecular flexibility index (Phi) is 14.8. The van der Waals surface area contributed by atoms with Gasteiger partial charge in [-0.3, -0.25) is 9.59 Å². The third-order valence-electron chi connectivity index (χ3n) is 8.76. The smallest absolute Gasteiger partial charge is 0.252 e. The molecule has 0 radical (unpaired) electrons. The van der Waals surface area contributed by atoms with Gasteiger partial charge in [0.1, 0.15) is 11.5 Å². The summed E-state index contributed by atoms with van der Waals surface area (Å²) in [6.07, 6.45) is 0.675. The number of thioether (sulfide) groups is 2. The van der Waals surface area contributed by atoms with Crippen LogP contribution < -0.4 is 20.1 Å². The van der Waals surface area contributed by atoms with Gasteiger partial charge in [-0.1, -0.05) is 84.9 Å². The molecule has 0 spiro atoms. The Morgan fingerprint density at radius 1 is 0.509 bits per heavy atom. The number of benzene rings is 6. The predicted octanol–water partition coefficient (Wildman–Crippen LogP) is 9.72. The summed E-state index contributed by atoms with van der Waals surface area (Å²) in [6, 6.07) is 50.0. The van der Waals surface area contributed by atoms with E-state index in [4.69, 9.17) is 9.47 Å². The molecule has 0 unspecified atom stereocenters. The number of nitriles is 2. The zero-order chi connectivity index (χ0) is 39.7. The highest BCUT2D eigenvalue weighted by Gasteiger charge is 2.15. The van der Waals surface area contributed by atoms with Gasteiger partial charge in [0.15, 0.2) is 0 Å². The van der Waals surface area contributed by atoms with Gasteiger partial charge in [0.2, 0.25) is 0 Å². The van der Waals surface area contributed by atoms with Crippen molar-refractivity contribution in [2.45, 2.75) is 40.8 Å². The molecule has 0 aliphatic heterocycles. The van der Waals surface area contributed by atoms with Crippen LogP contribution >= 0.6 is 23.5 Å². The van der Waals surface area contributed by atoms with Crippen molar-refractivity contribution in [2.24, 2.45) is 0 Å². The van der Waals surface area contributed by atoms with Crippen molar-refractivity contribution in [2.75, 3.05) is 13.2 Å². The van der Waals surface area contributed by atoms with Crippen molar-refractivity contribution in [3.8, 4) is 23.6 Å². The maximum absolute atomic E-state index is 13.2. The van der Waals surface area contributed by atoms with E-state index in [1.807, 2.05) is 121 Å². The number of hydrogen-bond donors (Lipinski definition) is 2. The second-order valence-electron chi connectivity index (χ2n) is 12.9. The van der Waals surface area contributed by atoms with E-state index in [2.05, 4.69) is 22.8 Å². The Labute approximate surface area is 341 Å². The molecule has 0 atom stereocenters. The van der Waals surface area contributed by atoms with Crippen molar-refractivity contribution in [1.82, 2.24) is 10.6 Å². The second-order valence-corrected chi connectivity index (χ2v) is 14.9. The van der Waals surface area contributed by atoms with Gasteiger partial charge in [0, 0.05) is 40.8 Å². The van der Waals surface area contributed by atoms with Gasteiger partial charge in [-0.15, -0.1) is 23.5 Å². The molecule has 0 aromatic heterocycles. The van der Waals surface area contributed by atoms with Gasteiger partial charge in [0.25, 0.3) is 11.8 Å². The van der Waals surface area contributed by atoms with E-state index in [-0.39, 0.29) is 11.8 Å². The molecule has 284 valence electrons. The maximum atomic E-state index is 13.2. The van der Waals surface area contributed by atoms with Crippen molar-refractivity contribution in [3.05, 3.63) is 190 Å². The Morgan fingerprint density at radius 3 is 1.30 bits per heavy atom. The van der Waals surface area contributed by atoms with Crippen molar-refractivity contribution in [1.29, 1.82) is 10.5 Å². The highest BCUT2D eigenvalue weighted by atomic mass is 32.2. The molecule has 10 heteroatoms. The van der Waals surface area contributed by atoms with Gasteiger partial charge >= 0.3 is 0 Å². The molecule has 6 rings (SSSR count). The molecule has 57 heavy (non-hydrogen) atoms. The molecule has 0 aliphatic rings. The number of hydrogen-bond acceptors (Lipinski definition) is 8. The van der Waals surface area contributed by atoms with Crippen LogP contribution in [0, 0.1) is 22.7 Å². The van der Waals surface area contributed by atoms with Gasteiger partial charge in [-0.25, -0.2) is 0 Å². The normalized spacial score (nSPS) is 10.5. The summed E-state index contributed by atoms with van der Waals surface area (Å²) in [6.45, 7) is 1.61. The fraction of sp³-hybridized carbons (Fsp3) is 0.149. The summed E-state index contributed by atoms with van der Waals surface area (Å²) in [5.74, 6) is 2.42. The third-order valence-corrected chi connectivity index (χ3v) is 11.0. The summed E-state index contributed by atoms with van der Waals surface area (Å²) in [5, 5.41) is 24.8. The molecular formula is C47H40N4O4S2. The molecule has 0 heterocycles. The molecule has 0 fully saturated rings. The van der Waals surface area contributed by atoms with E-state index in [9.17, 15) is 20.1 Å². The number of amides is 2. The van der Waals surface area contributed by atoms with Gasteiger partial charge in [0.05, 0.1) is 47.6 Å². The molecule has 8 nitrogen and oxygen atoms in total. The number of nitrogens with zero attached hydrogens (tertiary/aromatic N) is 2. The Balaban J connectivity index is 0.901. The van der Waals surface area contributed by atoms with Gasteiger partial charge in [-0.2, -0.15) is 10.5 Å². The summed E-state index contributed by atoms with van der Waals surface area (Å²) in [5.41, 5.74) is 6.02. The first-order chi connectivity index (χ1) is 28.0. The lowest BCUT2D eigenvalue weighted by atomic mass is 10.1. The van der Waals surface area contributed by atoms with Gasteiger partial charge < -0.3 is 20.1 Å². The monoisotopic (exact) mass is 788 g/mol. The lowest BCUT2D eigenvalue weighted by molar-refractivity contribution is 0.0940. The molecule has 0 saturated carbocycles. The fourth-order valence-electron chi connectivity index (χ4n) is 5.68. The van der Waals surface area contributed by atoms with Crippen LogP contribution in [-0.4, -0.2) is 25.0 Å². The SMILES string of the molecule is N#Cc1ccc(SCc2ccccc2)c(C(=O)NCc2ccc(OCCCOc3ccc(CNC(=O)c4cc(C#N)ccc4SCc4ccccc4)cc3)cc2)c1. The predicted molar refractivity (Wildman–Crippen MR) is 225 cm³/mol. The van der Waals surface area contributed by atoms with E-state index in [1.165, 1.54) is 0 Å². The van der Waals surface area contributed by atoms with Crippen LogP contribution in [0.2, 0.25) is 0 Å². The van der Waals surface area contributed by atoms with Gasteiger partial charge in [-0.05, 0) is 82.9 Å². The number of carbonyl (C=O) groups is 2. The standard InChI is InChI=1S/C47H40N4O4S2/c48-28-38-16-22-44(56-32-36-8-3-1-4-9-36)42(26-38)46(52)50-30-34-12-18-40(19-13-34)54-24-7-25-55-41-20-14-35(15-21-41)31-51-47(53)43-27-39(29-49)17-23-45(43)57-33-37-10-5-2-6-11-37/h1-6,8-23,26-27H,7,24-25,30-33H2,(H,50,52)(H,51,53). The topological polar surface area (TPSA) is 124 Å². The average Bonchev–Trinajstić information content (AvgIpc) is 3.27. The van der Waals surface area contributed by atoms with Crippen LogP contribution in [0.5, 0.6) is 11.5 Å². The first-order valence-electron chi connectivity index (χ1n) is 18.4. The lowest BCUT2D eigenvalue weighted by Gasteiger charge is -2.12. The number of carbonyl (C=O) groups excluding carboxylic acids is 2. The van der Waals surface area contributed by atoms with Crippen molar-refractivity contribution in [3.63, 3.8) is 0 Å². The van der Waals surface area contributed by atoms with Crippen molar-refractivity contribution >= 4 is 35.3 Å². The average molecular weight is 789 g/mol. The zero-order valence-electron chi connectivity index (χ0n) is 31.2. The Hall–Kier alpha value is -6.46. The number of rotatable bonds is 18. The van der Waals surface area contributed by atoms with Crippen molar-refractivity contribution < 1.29 is 19.1 Å². The van der Waals surface area contributed by atoms with Crippen LogP contribution in [-0.2, 0) is 24.6 Å². The molecular weight excluding hydrogens is 749 g/mol. The van der Waals surface area contributed by atoms with Crippen LogP contribution in [0.1, 0.15) is 60.5 Å². The molecule has 0 bridgehead atoms. The van der Waals surface area contributed by atoms with E-state index >= 15 is 0 Å². The summed E-state index contributed by atoms with van der Waals surface area (Å²) in [4.78, 5) is 28.0. The molecule has 2 amide bonds. The van der Waals surface area contributed by atoms with E-state index in [1.54, 1.807) is 47.8 Å². The van der Waals surface area contributed by atoms with E-state index in [0.29, 0.717) is 55.0 Å². The molecule has 0 aliphatic carbocycles. The zero-order valence-corrected chi connectivity index (χ0v) is 32.8. The molecule has 0 saturated heterocycles. The van der Waals surface area contributed by atoms with Crippen LogP contribution in [0.15, 0.2) is 155 Å². The van der Waals surface area contributed by atoms with E-state index in [0.717, 1.165) is 55.0 Å². The van der Waals surface area contributed by atoms with Crippen LogP contribution in [0.4, 0.5) is 0 Å². The Bertz CT molecular complexity index is 2180. The minimum absolute atomic E-state index is 0.230. The first-order valence-corrected chi connectivity index (χ1v) is 20.4. The van der Waals surface area contributed by atoms with E-state index < -0.39 is 0 Å². The minimum atomic E-state index is -0.230. The highest BCUT2D eigenvalue weighted by Crippen LogP contribution is 2.29. The summed E-state index contributed by atoms with van der Waals surface area (Å²) < 4.78 is 11.8. The summed E-state index contributed by atoms with van der Waals surface area (Å²) in [7, 11) is 0. The third kappa shape index (κ3) is 12.3. The van der Waals surface area contributed by atoms with Crippen LogP contribution in [0.3, 0.4) is 0 Å². The largest absolute Gasteiger partial charge is 0.493 e. The van der Waals surface area contributed by atoms with Crippen LogP contribution in [0.25, 0.3) is 0 Å². The minimum Gasteiger partial charge on any atom is -0.493 e. The molecule has 6 aromatic rings. The number of nitrogens with one attached hydrogen (secondary N) is 2. The Morgan fingerprint density at radius 2 is 0.912 bits per heavy atom. The summed E-state index contributed by atoms with van der Waals surface area (Å²) >= 11 is 3.14. The maximum Gasteiger partial charge on any atom is 0.252 e. The highest BCUT2D eigenvalue weighted by molar-refractivity contribution is 7.98. The number of ether oxygens (including phenoxy) is 2.